The maximum absolute atomic E-state index is 13.2. The number of aromatic nitrogens is 6. The molecule has 1 N–H and O–H groups in total. The van der Waals surface area contributed by atoms with Crippen LogP contribution < -0.4 is 5.32 Å². The van der Waals surface area contributed by atoms with Gasteiger partial charge in [0.25, 0.3) is 5.91 Å². The van der Waals surface area contributed by atoms with Crippen molar-refractivity contribution in [3.8, 4) is 11.5 Å². The number of carbonyl (C=O) groups is 2. The Morgan fingerprint density at radius 2 is 1.72 bits per heavy atom. The van der Waals surface area contributed by atoms with E-state index in [-0.39, 0.29) is 11.1 Å². The third-order valence-corrected chi connectivity index (χ3v) is 5.78. The average molecular weight is 482 g/mol. The first-order valence-electron chi connectivity index (χ1n) is 11.2. The Hall–Kier alpha value is -4.86. The first kappa shape index (κ1) is 22.9. The lowest BCUT2D eigenvalue weighted by atomic mass is 10.1. The molecule has 3 heterocycles. The largest absolute Gasteiger partial charge is 0.465 e. The molecular weight excluding hydrogens is 458 g/mol. The molecule has 0 radical (unpaired) electrons. The first-order chi connectivity index (χ1) is 17.4. The Balaban J connectivity index is 1.57. The second-order valence-electron chi connectivity index (χ2n) is 8.35. The lowest BCUT2D eigenvalue weighted by Gasteiger charge is -2.11. The van der Waals surface area contributed by atoms with E-state index in [9.17, 15) is 9.59 Å². The molecule has 0 saturated carbocycles. The molecular formula is C26H23N7O3. The SMILES string of the molecule is COC(=O)c1ccccc1C(=O)Nc1cc(C)nn1-c1ncnc2c1cnn2-c1ccc(C)cc1C. The van der Waals surface area contributed by atoms with Crippen molar-refractivity contribution in [2.75, 3.05) is 12.4 Å². The molecule has 0 unspecified atom stereocenters. The fraction of sp³-hybridized carbons (Fsp3) is 0.154. The second-order valence-corrected chi connectivity index (χ2v) is 8.35. The number of anilines is 1. The summed E-state index contributed by atoms with van der Waals surface area (Å²) in [7, 11) is 1.27. The van der Waals surface area contributed by atoms with E-state index >= 15 is 0 Å². The fourth-order valence-corrected chi connectivity index (χ4v) is 4.12. The number of hydrogen-bond acceptors (Lipinski definition) is 7. The monoisotopic (exact) mass is 481 g/mol. The van der Waals surface area contributed by atoms with E-state index < -0.39 is 11.9 Å². The third-order valence-electron chi connectivity index (χ3n) is 5.78. The van der Waals surface area contributed by atoms with Crippen molar-refractivity contribution >= 4 is 28.7 Å². The number of carbonyl (C=O) groups excluding carboxylic acids is 2. The first-order valence-corrected chi connectivity index (χ1v) is 11.2. The standard InChI is InChI=1S/C26H23N7O3/c1-15-9-10-21(16(2)11-15)32-23-20(13-29-32)24(28-14-27-23)33-22(12-17(3)31-33)30-25(34)18-7-5-6-8-19(18)26(35)36-4/h5-14H,1-4H3,(H,30,34). The molecule has 3 aromatic heterocycles. The van der Waals surface area contributed by atoms with Crippen LogP contribution in [0.25, 0.3) is 22.5 Å². The zero-order valence-corrected chi connectivity index (χ0v) is 20.2. The van der Waals surface area contributed by atoms with Crippen LogP contribution in [-0.2, 0) is 4.74 Å². The summed E-state index contributed by atoms with van der Waals surface area (Å²) >= 11 is 0. The van der Waals surface area contributed by atoms with Gasteiger partial charge in [-0.3, -0.25) is 4.79 Å². The highest BCUT2D eigenvalue weighted by atomic mass is 16.5. The van der Waals surface area contributed by atoms with Crippen LogP contribution in [0.1, 0.15) is 37.5 Å². The number of esters is 1. The van der Waals surface area contributed by atoms with Gasteiger partial charge in [0, 0.05) is 6.07 Å². The van der Waals surface area contributed by atoms with Gasteiger partial charge in [0.1, 0.15) is 12.1 Å². The number of rotatable bonds is 5. The predicted octanol–water partition coefficient (Wildman–Crippen LogP) is 3.97. The van der Waals surface area contributed by atoms with Crippen LogP contribution in [0, 0.1) is 20.8 Å². The minimum atomic E-state index is -0.596. The van der Waals surface area contributed by atoms with E-state index in [1.807, 2.05) is 32.9 Å². The maximum Gasteiger partial charge on any atom is 0.338 e. The Bertz CT molecular complexity index is 1630. The highest BCUT2D eigenvalue weighted by molar-refractivity contribution is 6.10. The molecule has 0 spiro atoms. The van der Waals surface area contributed by atoms with Gasteiger partial charge in [0.05, 0.1) is 41.2 Å². The van der Waals surface area contributed by atoms with Crippen molar-refractivity contribution in [1.82, 2.24) is 29.5 Å². The number of amides is 1. The topological polar surface area (TPSA) is 117 Å². The summed E-state index contributed by atoms with van der Waals surface area (Å²) < 4.78 is 8.11. The number of nitrogens with zero attached hydrogens (tertiary/aromatic N) is 6. The van der Waals surface area contributed by atoms with Crippen LogP contribution >= 0.6 is 0 Å². The van der Waals surface area contributed by atoms with Gasteiger partial charge in [-0.05, 0) is 44.5 Å². The summed E-state index contributed by atoms with van der Waals surface area (Å²) in [4.78, 5) is 34.2. The van der Waals surface area contributed by atoms with Crippen molar-refractivity contribution in [1.29, 1.82) is 0 Å². The molecule has 5 aromatic rings. The van der Waals surface area contributed by atoms with Crippen LogP contribution in [0.5, 0.6) is 0 Å². The van der Waals surface area contributed by atoms with E-state index in [1.54, 1.807) is 41.2 Å². The Labute approximate surface area is 206 Å². The summed E-state index contributed by atoms with van der Waals surface area (Å²) in [5, 5.41) is 12.6. The average Bonchev–Trinajstić information content (AvgIpc) is 3.46. The summed E-state index contributed by atoms with van der Waals surface area (Å²) in [6, 6.07) is 14.3. The number of methoxy groups -OCH3 is 1. The molecule has 0 aliphatic rings. The Morgan fingerprint density at radius 1 is 0.944 bits per heavy atom. The molecule has 5 rings (SSSR count). The minimum absolute atomic E-state index is 0.166. The van der Waals surface area contributed by atoms with Gasteiger partial charge in [0.2, 0.25) is 0 Å². The lowest BCUT2D eigenvalue weighted by molar-refractivity contribution is 0.0597. The number of nitrogens with one attached hydrogen (secondary N) is 1. The molecule has 0 fully saturated rings. The van der Waals surface area contributed by atoms with Crippen LogP contribution in [-0.4, -0.2) is 48.5 Å². The van der Waals surface area contributed by atoms with Crippen molar-refractivity contribution in [2.45, 2.75) is 20.8 Å². The molecule has 2 aromatic carbocycles. The molecule has 0 bridgehead atoms. The third kappa shape index (κ3) is 3.98. The molecule has 10 nitrogen and oxygen atoms in total. The molecule has 180 valence electrons. The van der Waals surface area contributed by atoms with Crippen LogP contribution in [0.3, 0.4) is 0 Å². The predicted molar refractivity (Wildman–Crippen MR) is 134 cm³/mol. The zero-order chi connectivity index (χ0) is 25.4. The van der Waals surface area contributed by atoms with Crippen LogP contribution in [0.15, 0.2) is 61.1 Å². The summed E-state index contributed by atoms with van der Waals surface area (Å²) in [5.74, 6) is -0.229. The van der Waals surface area contributed by atoms with Crippen molar-refractivity contribution in [3.63, 3.8) is 0 Å². The Morgan fingerprint density at radius 3 is 2.47 bits per heavy atom. The van der Waals surface area contributed by atoms with Gasteiger partial charge in [-0.2, -0.15) is 14.9 Å². The minimum Gasteiger partial charge on any atom is -0.465 e. The lowest BCUT2D eigenvalue weighted by Crippen LogP contribution is -2.19. The number of benzene rings is 2. The van der Waals surface area contributed by atoms with E-state index in [0.717, 1.165) is 16.8 Å². The maximum atomic E-state index is 13.2. The highest BCUT2D eigenvalue weighted by Crippen LogP contribution is 2.26. The number of aryl methyl sites for hydroxylation is 3. The molecule has 0 aliphatic heterocycles. The van der Waals surface area contributed by atoms with Crippen molar-refractivity contribution in [3.05, 3.63) is 89.0 Å². The van der Waals surface area contributed by atoms with Gasteiger partial charge in [0.15, 0.2) is 11.5 Å². The molecule has 36 heavy (non-hydrogen) atoms. The highest BCUT2D eigenvalue weighted by Gasteiger charge is 2.21. The van der Waals surface area contributed by atoms with Gasteiger partial charge in [-0.15, -0.1) is 0 Å². The van der Waals surface area contributed by atoms with Gasteiger partial charge < -0.3 is 10.1 Å². The normalized spacial score (nSPS) is 11.0. The number of hydrogen-bond donors (Lipinski definition) is 1. The summed E-state index contributed by atoms with van der Waals surface area (Å²) in [6.45, 7) is 5.87. The van der Waals surface area contributed by atoms with Gasteiger partial charge in [-0.25, -0.2) is 19.4 Å². The van der Waals surface area contributed by atoms with E-state index in [4.69, 9.17) is 4.74 Å². The fourth-order valence-electron chi connectivity index (χ4n) is 4.12. The summed E-state index contributed by atoms with van der Waals surface area (Å²) in [6.07, 6.45) is 3.12. The smallest absolute Gasteiger partial charge is 0.338 e. The van der Waals surface area contributed by atoms with E-state index in [0.29, 0.717) is 28.4 Å². The zero-order valence-electron chi connectivity index (χ0n) is 20.2. The molecule has 0 aliphatic carbocycles. The molecule has 1 amide bonds. The number of fused-ring (bicyclic) bond motifs is 1. The van der Waals surface area contributed by atoms with E-state index in [2.05, 4.69) is 31.5 Å². The molecule has 0 atom stereocenters. The van der Waals surface area contributed by atoms with Gasteiger partial charge in [-0.1, -0.05) is 29.8 Å². The van der Waals surface area contributed by atoms with Crippen molar-refractivity contribution in [2.24, 2.45) is 0 Å². The second kappa shape index (κ2) is 9.06. The van der Waals surface area contributed by atoms with Gasteiger partial charge >= 0.3 is 5.97 Å². The van der Waals surface area contributed by atoms with Crippen LogP contribution in [0.2, 0.25) is 0 Å². The van der Waals surface area contributed by atoms with E-state index in [1.165, 1.54) is 18.1 Å². The summed E-state index contributed by atoms with van der Waals surface area (Å²) in [5.41, 5.74) is 4.75. The number of ether oxygens (including phenoxy) is 1. The molecule has 0 saturated heterocycles. The molecule has 10 heteroatoms. The van der Waals surface area contributed by atoms with Crippen molar-refractivity contribution < 1.29 is 14.3 Å². The Kier molecular flexibility index (Phi) is 5.77. The quantitative estimate of drug-likeness (QED) is 0.378. The van der Waals surface area contributed by atoms with Crippen LogP contribution in [0.4, 0.5) is 5.82 Å².